The van der Waals surface area contributed by atoms with Crippen LogP contribution >= 0.6 is 0 Å². The predicted molar refractivity (Wildman–Crippen MR) is 91.5 cm³/mol. The zero-order valence-corrected chi connectivity index (χ0v) is 13.9. The molecule has 2 amide bonds. The van der Waals surface area contributed by atoms with Crippen LogP contribution in [-0.4, -0.2) is 26.0 Å². The van der Waals surface area contributed by atoms with Gasteiger partial charge >= 0.3 is 0 Å². The highest BCUT2D eigenvalue weighted by atomic mass is 16.5. The third-order valence-electron chi connectivity index (χ3n) is 3.37. The van der Waals surface area contributed by atoms with E-state index in [0.29, 0.717) is 29.3 Å². The van der Waals surface area contributed by atoms with Crippen molar-refractivity contribution in [2.75, 3.05) is 19.5 Å². The van der Waals surface area contributed by atoms with Gasteiger partial charge in [-0.25, -0.2) is 0 Å². The summed E-state index contributed by atoms with van der Waals surface area (Å²) in [5, 5.41) is 5.52. The molecule has 0 aliphatic heterocycles. The Balaban J connectivity index is 2.08. The van der Waals surface area contributed by atoms with Crippen molar-refractivity contribution in [3.63, 3.8) is 0 Å². The van der Waals surface area contributed by atoms with Crippen LogP contribution < -0.4 is 20.1 Å². The number of methoxy groups -OCH3 is 2. The van der Waals surface area contributed by atoms with Crippen LogP contribution in [-0.2, 0) is 11.3 Å². The molecule has 6 heteroatoms. The van der Waals surface area contributed by atoms with Crippen molar-refractivity contribution in [2.45, 2.75) is 13.5 Å². The molecular formula is C18H20N2O4. The summed E-state index contributed by atoms with van der Waals surface area (Å²) in [6.07, 6.45) is 0. The third-order valence-corrected chi connectivity index (χ3v) is 3.37. The summed E-state index contributed by atoms with van der Waals surface area (Å²) in [5.41, 5.74) is 2.02. The summed E-state index contributed by atoms with van der Waals surface area (Å²) >= 11 is 0. The van der Waals surface area contributed by atoms with Crippen molar-refractivity contribution in [3.8, 4) is 11.5 Å². The molecule has 0 bridgehead atoms. The van der Waals surface area contributed by atoms with Gasteiger partial charge < -0.3 is 20.1 Å². The Morgan fingerprint density at radius 1 is 0.958 bits per heavy atom. The maximum atomic E-state index is 12.3. The van der Waals surface area contributed by atoms with E-state index in [1.54, 1.807) is 56.7 Å². The second kappa shape index (κ2) is 8.01. The molecule has 0 aliphatic rings. The molecule has 6 nitrogen and oxygen atoms in total. The molecule has 0 radical (unpaired) electrons. The molecule has 2 rings (SSSR count). The Morgan fingerprint density at radius 3 is 2.04 bits per heavy atom. The molecule has 0 saturated heterocycles. The second-order valence-electron chi connectivity index (χ2n) is 5.16. The third kappa shape index (κ3) is 4.74. The maximum absolute atomic E-state index is 12.3. The number of benzene rings is 2. The summed E-state index contributed by atoms with van der Waals surface area (Å²) in [6, 6.07) is 12.2. The number of ether oxygens (including phenoxy) is 2. The van der Waals surface area contributed by atoms with Gasteiger partial charge in [-0.2, -0.15) is 0 Å². The molecule has 0 aromatic heterocycles. The van der Waals surface area contributed by atoms with Gasteiger partial charge in [0.25, 0.3) is 5.91 Å². The molecule has 24 heavy (non-hydrogen) atoms. The molecule has 2 aromatic rings. The van der Waals surface area contributed by atoms with Crippen molar-refractivity contribution in [1.82, 2.24) is 5.32 Å². The van der Waals surface area contributed by atoms with Gasteiger partial charge in [0.2, 0.25) is 5.91 Å². The lowest BCUT2D eigenvalue weighted by atomic mass is 10.1. The standard InChI is InChI=1S/C18H20N2O4/c1-12(21)19-11-13-4-6-14(7-5-13)18(22)20-15-8-16(23-2)10-17(9-15)24-3/h4-10H,11H2,1-3H3,(H,19,21)(H,20,22). The van der Waals surface area contributed by atoms with Gasteiger partial charge in [0.1, 0.15) is 11.5 Å². The molecule has 0 spiro atoms. The van der Waals surface area contributed by atoms with Gasteiger partial charge in [-0.05, 0) is 17.7 Å². The van der Waals surface area contributed by atoms with Crippen LogP contribution in [0.1, 0.15) is 22.8 Å². The molecule has 0 fully saturated rings. The summed E-state index contributed by atoms with van der Waals surface area (Å²) in [4.78, 5) is 23.2. The minimum absolute atomic E-state index is 0.0937. The van der Waals surface area contributed by atoms with Crippen molar-refractivity contribution < 1.29 is 19.1 Å². The van der Waals surface area contributed by atoms with E-state index in [-0.39, 0.29) is 11.8 Å². The highest BCUT2D eigenvalue weighted by Crippen LogP contribution is 2.26. The number of hydrogen-bond acceptors (Lipinski definition) is 4. The molecule has 0 heterocycles. The monoisotopic (exact) mass is 328 g/mol. The average molecular weight is 328 g/mol. The zero-order valence-electron chi connectivity index (χ0n) is 13.9. The Morgan fingerprint density at radius 2 is 1.54 bits per heavy atom. The Labute approximate surface area is 140 Å². The van der Waals surface area contributed by atoms with Crippen LogP contribution in [0.5, 0.6) is 11.5 Å². The molecule has 0 aliphatic carbocycles. The van der Waals surface area contributed by atoms with Gasteiger partial charge in [-0.15, -0.1) is 0 Å². The second-order valence-corrected chi connectivity index (χ2v) is 5.16. The van der Waals surface area contributed by atoms with Gasteiger partial charge in [-0.3, -0.25) is 9.59 Å². The summed E-state index contributed by atoms with van der Waals surface area (Å²) in [5.74, 6) is 0.853. The van der Waals surface area contributed by atoms with Gasteiger partial charge in [0, 0.05) is 42.9 Å². The number of amides is 2. The predicted octanol–water partition coefficient (Wildman–Crippen LogP) is 2.59. The van der Waals surface area contributed by atoms with Crippen molar-refractivity contribution in [1.29, 1.82) is 0 Å². The Kier molecular flexibility index (Phi) is 5.78. The van der Waals surface area contributed by atoms with Crippen molar-refractivity contribution in [2.24, 2.45) is 0 Å². The first-order valence-electron chi connectivity index (χ1n) is 7.39. The molecule has 0 unspecified atom stereocenters. The van der Waals surface area contributed by atoms with Crippen LogP contribution in [0, 0.1) is 0 Å². The molecule has 126 valence electrons. The fourth-order valence-electron chi connectivity index (χ4n) is 2.08. The maximum Gasteiger partial charge on any atom is 0.255 e. The van der Waals surface area contributed by atoms with Gasteiger partial charge in [0.05, 0.1) is 14.2 Å². The van der Waals surface area contributed by atoms with Crippen LogP contribution in [0.4, 0.5) is 5.69 Å². The van der Waals surface area contributed by atoms with E-state index in [4.69, 9.17) is 9.47 Å². The minimum Gasteiger partial charge on any atom is -0.497 e. The van der Waals surface area contributed by atoms with Crippen LogP contribution in [0.15, 0.2) is 42.5 Å². The normalized spacial score (nSPS) is 9.96. The lowest BCUT2D eigenvalue weighted by Gasteiger charge is -2.10. The van der Waals surface area contributed by atoms with E-state index in [1.807, 2.05) is 0 Å². The van der Waals surface area contributed by atoms with E-state index in [1.165, 1.54) is 6.92 Å². The van der Waals surface area contributed by atoms with E-state index >= 15 is 0 Å². The van der Waals surface area contributed by atoms with Gasteiger partial charge in [0.15, 0.2) is 0 Å². The summed E-state index contributed by atoms with van der Waals surface area (Å²) < 4.78 is 10.4. The van der Waals surface area contributed by atoms with E-state index in [9.17, 15) is 9.59 Å². The summed E-state index contributed by atoms with van der Waals surface area (Å²) in [7, 11) is 3.10. The van der Waals surface area contributed by atoms with E-state index in [0.717, 1.165) is 5.56 Å². The SMILES string of the molecule is COc1cc(NC(=O)c2ccc(CNC(C)=O)cc2)cc(OC)c1. The minimum atomic E-state index is -0.239. The van der Waals surface area contributed by atoms with Crippen LogP contribution in [0.3, 0.4) is 0 Å². The number of hydrogen-bond donors (Lipinski definition) is 2. The lowest BCUT2D eigenvalue weighted by molar-refractivity contribution is -0.119. The fraction of sp³-hybridized carbons (Fsp3) is 0.222. The smallest absolute Gasteiger partial charge is 0.255 e. The largest absolute Gasteiger partial charge is 0.497 e. The number of nitrogens with one attached hydrogen (secondary N) is 2. The highest BCUT2D eigenvalue weighted by molar-refractivity contribution is 6.04. The van der Waals surface area contributed by atoms with Crippen LogP contribution in [0.25, 0.3) is 0 Å². The summed E-state index contributed by atoms with van der Waals surface area (Å²) in [6.45, 7) is 1.90. The fourth-order valence-corrected chi connectivity index (χ4v) is 2.08. The molecule has 2 aromatic carbocycles. The molecule has 0 saturated carbocycles. The average Bonchev–Trinajstić information content (AvgIpc) is 2.59. The Hall–Kier alpha value is -3.02. The van der Waals surface area contributed by atoms with Crippen molar-refractivity contribution >= 4 is 17.5 Å². The number of carbonyl (C=O) groups is 2. The van der Waals surface area contributed by atoms with Gasteiger partial charge in [-0.1, -0.05) is 12.1 Å². The molecular weight excluding hydrogens is 308 g/mol. The number of carbonyl (C=O) groups excluding carboxylic acids is 2. The highest BCUT2D eigenvalue weighted by Gasteiger charge is 2.08. The first-order valence-corrected chi connectivity index (χ1v) is 7.39. The topological polar surface area (TPSA) is 76.7 Å². The first-order chi connectivity index (χ1) is 11.5. The molecule has 2 N–H and O–H groups in total. The van der Waals surface area contributed by atoms with E-state index < -0.39 is 0 Å². The quantitative estimate of drug-likeness (QED) is 0.854. The van der Waals surface area contributed by atoms with Crippen molar-refractivity contribution in [3.05, 3.63) is 53.6 Å². The first kappa shape index (κ1) is 17.3. The molecule has 0 atom stereocenters. The Bertz CT molecular complexity index is 704. The number of rotatable bonds is 6. The number of anilines is 1. The lowest BCUT2D eigenvalue weighted by Crippen LogP contribution is -2.19. The van der Waals surface area contributed by atoms with E-state index in [2.05, 4.69) is 10.6 Å². The van der Waals surface area contributed by atoms with Crippen LogP contribution in [0.2, 0.25) is 0 Å². The zero-order chi connectivity index (χ0) is 17.5.